The van der Waals surface area contributed by atoms with E-state index in [-0.39, 0.29) is 5.56 Å². The molecule has 1 atom stereocenters. The molecule has 0 spiro atoms. The Bertz CT molecular complexity index is 589. The van der Waals surface area contributed by atoms with Gasteiger partial charge in [-0.3, -0.25) is 0 Å². The molecule has 1 nitrogen and oxygen atoms in total. The van der Waals surface area contributed by atoms with Gasteiger partial charge < -0.3 is 5.73 Å². The maximum Gasteiger partial charge on any atom is 0.128 e. The first-order valence-electron chi connectivity index (χ1n) is 5.14. The second-order valence-corrected chi connectivity index (χ2v) is 5.08. The summed E-state index contributed by atoms with van der Waals surface area (Å²) >= 11 is 9.13. The van der Waals surface area contributed by atoms with Crippen molar-refractivity contribution in [2.24, 2.45) is 5.73 Å². The normalized spacial score (nSPS) is 12.5. The van der Waals surface area contributed by atoms with Gasteiger partial charge in [0.15, 0.2) is 0 Å². The first-order chi connectivity index (χ1) is 8.49. The molecule has 0 amide bonds. The zero-order valence-corrected chi connectivity index (χ0v) is 11.5. The van der Waals surface area contributed by atoms with Crippen LogP contribution in [-0.2, 0) is 0 Å². The molecule has 0 saturated heterocycles. The Morgan fingerprint density at radius 1 is 1.11 bits per heavy atom. The Labute approximate surface area is 117 Å². The molecular weight excluding hydrogens is 324 g/mol. The largest absolute Gasteiger partial charge is 0.320 e. The summed E-state index contributed by atoms with van der Waals surface area (Å²) in [6.07, 6.45) is 0. The summed E-state index contributed by atoms with van der Waals surface area (Å²) in [7, 11) is 0. The number of hydrogen-bond acceptors (Lipinski definition) is 1. The molecule has 2 rings (SSSR count). The monoisotopic (exact) mass is 331 g/mol. The van der Waals surface area contributed by atoms with Gasteiger partial charge in [-0.2, -0.15) is 0 Å². The highest BCUT2D eigenvalue weighted by Gasteiger charge is 2.15. The number of hydrogen-bond donors (Lipinski definition) is 1. The summed E-state index contributed by atoms with van der Waals surface area (Å²) in [5.74, 6) is -1.05. The minimum Gasteiger partial charge on any atom is -0.320 e. The number of halogens is 4. The van der Waals surface area contributed by atoms with E-state index in [1.807, 2.05) is 0 Å². The topological polar surface area (TPSA) is 26.0 Å². The lowest BCUT2D eigenvalue weighted by atomic mass is 9.99. The molecule has 0 aromatic heterocycles. The average molecular weight is 333 g/mol. The Morgan fingerprint density at radius 3 is 2.50 bits per heavy atom. The van der Waals surface area contributed by atoms with E-state index < -0.39 is 17.7 Å². The first kappa shape index (κ1) is 13.5. The van der Waals surface area contributed by atoms with Gasteiger partial charge in [-0.1, -0.05) is 17.7 Å². The second-order valence-electron chi connectivity index (χ2n) is 3.82. The lowest BCUT2D eigenvalue weighted by Crippen LogP contribution is -2.14. The van der Waals surface area contributed by atoms with Crippen LogP contribution < -0.4 is 5.73 Å². The van der Waals surface area contributed by atoms with Crippen LogP contribution in [0.5, 0.6) is 0 Å². The Balaban J connectivity index is 2.44. The Morgan fingerprint density at radius 2 is 1.83 bits per heavy atom. The van der Waals surface area contributed by atoms with E-state index in [2.05, 4.69) is 15.9 Å². The van der Waals surface area contributed by atoms with Crippen LogP contribution in [0.1, 0.15) is 17.2 Å². The van der Waals surface area contributed by atoms with Crippen LogP contribution in [0, 0.1) is 11.6 Å². The zero-order chi connectivity index (χ0) is 13.3. The first-order valence-corrected chi connectivity index (χ1v) is 6.31. The second kappa shape index (κ2) is 5.34. The zero-order valence-electron chi connectivity index (χ0n) is 9.13. The van der Waals surface area contributed by atoms with Crippen molar-refractivity contribution in [1.29, 1.82) is 0 Å². The Hall–Kier alpha value is -0.970. The van der Waals surface area contributed by atoms with E-state index in [9.17, 15) is 8.78 Å². The van der Waals surface area contributed by atoms with Gasteiger partial charge in [0.1, 0.15) is 11.6 Å². The molecule has 0 aliphatic rings. The van der Waals surface area contributed by atoms with Crippen LogP contribution in [0.3, 0.4) is 0 Å². The summed E-state index contributed by atoms with van der Waals surface area (Å²) < 4.78 is 27.4. The molecule has 18 heavy (non-hydrogen) atoms. The van der Waals surface area contributed by atoms with E-state index in [1.54, 1.807) is 18.2 Å². The third kappa shape index (κ3) is 2.71. The van der Waals surface area contributed by atoms with Crippen LogP contribution in [0.2, 0.25) is 5.02 Å². The number of rotatable bonds is 2. The number of benzene rings is 2. The van der Waals surface area contributed by atoms with Crippen molar-refractivity contribution in [3.05, 3.63) is 68.7 Å². The predicted molar refractivity (Wildman–Crippen MR) is 71.5 cm³/mol. The lowest BCUT2D eigenvalue weighted by Gasteiger charge is -2.14. The quantitative estimate of drug-likeness (QED) is 0.865. The summed E-state index contributed by atoms with van der Waals surface area (Å²) in [5.41, 5.74) is 6.70. The van der Waals surface area contributed by atoms with E-state index in [4.69, 9.17) is 17.3 Å². The summed E-state index contributed by atoms with van der Waals surface area (Å²) in [5, 5.41) is 0.533. The van der Waals surface area contributed by atoms with Crippen molar-refractivity contribution < 1.29 is 8.78 Å². The standard InChI is InChI=1S/C13H9BrClF2N/c14-10-5-7(1-3-11(10)15)13(18)9-6-8(16)2-4-12(9)17/h1-6,13H,18H2. The molecule has 2 aromatic carbocycles. The van der Waals surface area contributed by atoms with Crippen molar-refractivity contribution in [3.63, 3.8) is 0 Å². The van der Waals surface area contributed by atoms with E-state index in [1.165, 1.54) is 0 Å². The lowest BCUT2D eigenvalue weighted by molar-refractivity contribution is 0.576. The van der Waals surface area contributed by atoms with Crippen LogP contribution in [0.25, 0.3) is 0 Å². The maximum absolute atomic E-state index is 13.6. The highest BCUT2D eigenvalue weighted by molar-refractivity contribution is 9.10. The molecule has 94 valence electrons. The van der Waals surface area contributed by atoms with Crippen molar-refractivity contribution in [3.8, 4) is 0 Å². The third-order valence-corrected chi connectivity index (χ3v) is 3.81. The van der Waals surface area contributed by atoms with Gasteiger partial charge >= 0.3 is 0 Å². The van der Waals surface area contributed by atoms with Crippen molar-refractivity contribution >= 4 is 27.5 Å². The van der Waals surface area contributed by atoms with Crippen LogP contribution in [0.15, 0.2) is 40.9 Å². The van der Waals surface area contributed by atoms with Gasteiger partial charge in [-0.15, -0.1) is 0 Å². The van der Waals surface area contributed by atoms with Crippen LogP contribution in [-0.4, -0.2) is 0 Å². The SMILES string of the molecule is NC(c1ccc(Cl)c(Br)c1)c1cc(F)ccc1F. The molecule has 0 bridgehead atoms. The molecule has 0 aliphatic heterocycles. The Kier molecular flexibility index (Phi) is 4.00. The smallest absolute Gasteiger partial charge is 0.128 e. The molecule has 0 saturated carbocycles. The number of nitrogens with two attached hydrogens (primary N) is 1. The van der Waals surface area contributed by atoms with Gasteiger partial charge in [0.25, 0.3) is 0 Å². The molecule has 2 N–H and O–H groups in total. The van der Waals surface area contributed by atoms with Gasteiger partial charge in [0.05, 0.1) is 11.1 Å². The predicted octanol–water partition coefficient (Wildman–Crippen LogP) is 4.43. The highest BCUT2D eigenvalue weighted by Crippen LogP contribution is 2.29. The molecule has 0 radical (unpaired) electrons. The summed E-state index contributed by atoms with van der Waals surface area (Å²) in [6.45, 7) is 0. The average Bonchev–Trinajstić information content (AvgIpc) is 2.35. The molecule has 5 heteroatoms. The van der Waals surface area contributed by atoms with E-state index >= 15 is 0 Å². The molecule has 2 aromatic rings. The van der Waals surface area contributed by atoms with E-state index in [0.29, 0.717) is 15.1 Å². The molecule has 1 unspecified atom stereocenters. The fourth-order valence-electron chi connectivity index (χ4n) is 1.64. The van der Waals surface area contributed by atoms with Crippen molar-refractivity contribution in [1.82, 2.24) is 0 Å². The third-order valence-electron chi connectivity index (χ3n) is 2.60. The van der Waals surface area contributed by atoms with Crippen LogP contribution >= 0.6 is 27.5 Å². The summed E-state index contributed by atoms with van der Waals surface area (Å²) in [6, 6.07) is 7.51. The maximum atomic E-state index is 13.6. The van der Waals surface area contributed by atoms with E-state index in [0.717, 1.165) is 18.2 Å². The fourth-order valence-corrected chi connectivity index (χ4v) is 2.15. The molecule has 0 aliphatic carbocycles. The van der Waals surface area contributed by atoms with Gasteiger partial charge in [0, 0.05) is 10.0 Å². The molecule has 0 heterocycles. The van der Waals surface area contributed by atoms with Crippen molar-refractivity contribution in [2.75, 3.05) is 0 Å². The summed E-state index contributed by atoms with van der Waals surface area (Å²) in [4.78, 5) is 0. The van der Waals surface area contributed by atoms with Gasteiger partial charge in [0.2, 0.25) is 0 Å². The van der Waals surface area contributed by atoms with Crippen LogP contribution in [0.4, 0.5) is 8.78 Å². The minimum atomic E-state index is -0.741. The minimum absolute atomic E-state index is 0.115. The van der Waals surface area contributed by atoms with Gasteiger partial charge in [-0.05, 0) is 51.8 Å². The van der Waals surface area contributed by atoms with Crippen molar-refractivity contribution in [2.45, 2.75) is 6.04 Å². The van der Waals surface area contributed by atoms with Gasteiger partial charge in [-0.25, -0.2) is 8.78 Å². The molecule has 0 fully saturated rings. The highest BCUT2D eigenvalue weighted by atomic mass is 79.9. The fraction of sp³-hybridized carbons (Fsp3) is 0.0769. The molecular formula is C13H9BrClF2N.